The van der Waals surface area contributed by atoms with Gasteiger partial charge in [-0.2, -0.15) is 0 Å². The first-order chi connectivity index (χ1) is 9.47. The third-order valence-corrected chi connectivity index (χ3v) is 2.76. The van der Waals surface area contributed by atoms with Crippen LogP contribution < -0.4 is 0 Å². The third kappa shape index (κ3) is 4.81. The van der Waals surface area contributed by atoms with Crippen molar-refractivity contribution in [2.75, 3.05) is 0 Å². The van der Waals surface area contributed by atoms with Crippen LogP contribution in [0.5, 0.6) is 0 Å². The first-order valence-electron chi connectivity index (χ1n) is 6.55. The first kappa shape index (κ1) is 13.1. The zero-order chi connectivity index (χ0) is 13.2. The maximum Gasteiger partial charge on any atom is -0.0163 e. The van der Waals surface area contributed by atoms with Gasteiger partial charge in [0, 0.05) is 0 Å². The van der Waals surface area contributed by atoms with Crippen molar-refractivity contribution < 1.29 is 0 Å². The monoisotopic (exact) mass is 246 g/mol. The van der Waals surface area contributed by atoms with E-state index in [1.54, 1.807) is 0 Å². The molecule has 0 aliphatic heterocycles. The maximum absolute atomic E-state index is 2.12. The van der Waals surface area contributed by atoms with E-state index in [0.29, 0.717) is 0 Å². The van der Waals surface area contributed by atoms with Gasteiger partial charge in [0.25, 0.3) is 0 Å². The normalized spacial score (nSPS) is 18.5. The topological polar surface area (TPSA) is 0 Å². The number of rotatable bonds is 0. The second-order valence-corrected chi connectivity index (χ2v) is 4.21. The van der Waals surface area contributed by atoms with Crippen LogP contribution in [-0.2, 0) is 0 Å². The summed E-state index contributed by atoms with van der Waals surface area (Å²) in [7, 11) is 0. The van der Waals surface area contributed by atoms with Gasteiger partial charge in [0.2, 0.25) is 0 Å². The quantitative estimate of drug-likeness (QED) is 0.554. The Kier molecular flexibility index (Phi) is 5.44. The Labute approximate surface area is 115 Å². The van der Waals surface area contributed by atoms with Crippen molar-refractivity contribution in [1.29, 1.82) is 0 Å². The van der Waals surface area contributed by atoms with Gasteiger partial charge in [-0.15, -0.1) is 0 Å². The minimum Gasteiger partial charge on any atom is -0.0807 e. The van der Waals surface area contributed by atoms with E-state index in [2.05, 4.69) is 72.9 Å². The van der Waals surface area contributed by atoms with Crippen LogP contribution in [-0.4, -0.2) is 0 Å². The summed E-state index contributed by atoms with van der Waals surface area (Å²) in [4.78, 5) is 0. The summed E-state index contributed by atoms with van der Waals surface area (Å²) in [5.74, 6) is 0. The molecule has 0 saturated carbocycles. The fourth-order valence-corrected chi connectivity index (χ4v) is 1.78. The number of fused-ring (bicyclic) bond motifs is 1. The summed E-state index contributed by atoms with van der Waals surface area (Å²) < 4.78 is 0. The smallest absolute Gasteiger partial charge is 0.0163 e. The molecular formula is C19H18. The molecule has 0 nitrogen and oxygen atoms in total. The largest absolute Gasteiger partial charge is 0.0807 e. The molecule has 0 atom stereocenters. The fraction of sp³-hybridized carbons (Fsp3) is 0.0526. The molecule has 0 aromatic carbocycles. The van der Waals surface area contributed by atoms with Crippen LogP contribution >= 0.6 is 0 Å². The van der Waals surface area contributed by atoms with Gasteiger partial charge < -0.3 is 0 Å². The Morgan fingerprint density at radius 1 is 0.474 bits per heavy atom. The number of hydrogen-bond donors (Lipinski definition) is 0. The summed E-state index contributed by atoms with van der Waals surface area (Å²) in [5, 5.41) is 0. The van der Waals surface area contributed by atoms with Crippen LogP contribution in [0.25, 0.3) is 0 Å². The van der Waals surface area contributed by atoms with E-state index in [-0.39, 0.29) is 0 Å². The van der Waals surface area contributed by atoms with Crippen molar-refractivity contribution in [2.45, 2.75) is 6.42 Å². The maximum atomic E-state index is 2.12. The molecule has 3 aliphatic carbocycles. The molecule has 94 valence electrons. The Balaban J connectivity index is 0.000000163. The van der Waals surface area contributed by atoms with Crippen molar-refractivity contribution in [3.8, 4) is 0 Å². The summed E-state index contributed by atoms with van der Waals surface area (Å²) in [6, 6.07) is 0. The van der Waals surface area contributed by atoms with E-state index in [1.807, 2.05) is 24.3 Å². The molecular weight excluding hydrogens is 228 g/mol. The zero-order valence-electron chi connectivity index (χ0n) is 10.9. The van der Waals surface area contributed by atoms with Gasteiger partial charge in [0.15, 0.2) is 0 Å². The second-order valence-electron chi connectivity index (χ2n) is 4.21. The lowest BCUT2D eigenvalue weighted by Crippen LogP contribution is -1.79. The molecule has 3 aliphatic rings. The van der Waals surface area contributed by atoms with E-state index in [1.165, 1.54) is 11.1 Å². The molecule has 0 heterocycles. The number of allylic oxidation sites excluding steroid dienone is 18. The Morgan fingerprint density at radius 2 is 0.947 bits per heavy atom. The fourth-order valence-electron chi connectivity index (χ4n) is 1.78. The minimum absolute atomic E-state index is 1.08. The summed E-state index contributed by atoms with van der Waals surface area (Å²) in [5.41, 5.74) is 2.54. The van der Waals surface area contributed by atoms with Gasteiger partial charge in [0.1, 0.15) is 0 Å². The van der Waals surface area contributed by atoms with Gasteiger partial charge in [-0.1, -0.05) is 97.2 Å². The molecule has 0 heteroatoms. The van der Waals surface area contributed by atoms with E-state index in [0.717, 1.165) is 6.42 Å². The van der Waals surface area contributed by atoms with E-state index >= 15 is 0 Å². The van der Waals surface area contributed by atoms with Crippen LogP contribution in [0.3, 0.4) is 0 Å². The van der Waals surface area contributed by atoms with E-state index in [9.17, 15) is 0 Å². The Bertz CT molecular complexity index is 503. The predicted molar refractivity (Wildman–Crippen MR) is 84.8 cm³/mol. The molecule has 0 unspecified atom stereocenters. The van der Waals surface area contributed by atoms with Gasteiger partial charge in [-0.25, -0.2) is 0 Å². The summed E-state index contributed by atoms with van der Waals surface area (Å²) in [6.07, 6.45) is 34.3. The molecule has 19 heavy (non-hydrogen) atoms. The Hall–Kier alpha value is -2.34. The van der Waals surface area contributed by atoms with Crippen LogP contribution in [0.4, 0.5) is 0 Å². The first-order valence-corrected chi connectivity index (χ1v) is 6.55. The molecule has 0 aromatic rings. The summed E-state index contributed by atoms with van der Waals surface area (Å²) in [6.45, 7) is 0. The zero-order valence-corrected chi connectivity index (χ0v) is 10.9. The lowest BCUT2D eigenvalue weighted by molar-refractivity contribution is 1.41. The highest BCUT2D eigenvalue weighted by molar-refractivity contribution is 5.53. The standard InChI is InChI=1S/C12H10.C7H8/c1-3-7-11-9-5-2-6-10-12(11)8-4-1;1-2-4-6-7-5-3-1/h1-10H;1-6H,7H2. The van der Waals surface area contributed by atoms with Crippen molar-refractivity contribution in [1.82, 2.24) is 0 Å². The van der Waals surface area contributed by atoms with Crippen molar-refractivity contribution in [2.24, 2.45) is 0 Å². The van der Waals surface area contributed by atoms with Gasteiger partial charge in [-0.05, 0) is 17.6 Å². The molecule has 0 fully saturated rings. The molecule has 0 saturated heterocycles. The molecule has 0 bridgehead atoms. The number of hydrogen-bond acceptors (Lipinski definition) is 0. The second kappa shape index (κ2) is 7.88. The lowest BCUT2D eigenvalue weighted by Gasteiger charge is -1.98. The van der Waals surface area contributed by atoms with Gasteiger partial charge >= 0.3 is 0 Å². The molecule has 0 amide bonds. The van der Waals surface area contributed by atoms with Crippen molar-refractivity contribution in [3.63, 3.8) is 0 Å². The van der Waals surface area contributed by atoms with Crippen molar-refractivity contribution in [3.05, 3.63) is 108 Å². The van der Waals surface area contributed by atoms with Crippen LogP contribution in [0.15, 0.2) is 108 Å². The van der Waals surface area contributed by atoms with Crippen molar-refractivity contribution >= 4 is 0 Å². The molecule has 3 rings (SSSR count). The highest BCUT2D eigenvalue weighted by Gasteiger charge is 1.98. The minimum atomic E-state index is 1.08. The van der Waals surface area contributed by atoms with E-state index in [4.69, 9.17) is 0 Å². The summed E-state index contributed by atoms with van der Waals surface area (Å²) >= 11 is 0. The molecule has 0 radical (unpaired) electrons. The van der Waals surface area contributed by atoms with Gasteiger partial charge in [0.05, 0.1) is 0 Å². The highest BCUT2D eigenvalue weighted by atomic mass is 14.0. The lowest BCUT2D eigenvalue weighted by atomic mass is 10.1. The predicted octanol–water partition coefficient (Wildman–Crippen LogP) is 5.15. The van der Waals surface area contributed by atoms with Gasteiger partial charge in [-0.3, -0.25) is 0 Å². The molecule has 0 aromatic heterocycles. The van der Waals surface area contributed by atoms with Crippen LogP contribution in [0, 0.1) is 0 Å². The molecule has 0 spiro atoms. The average molecular weight is 246 g/mol. The molecule has 0 N–H and O–H groups in total. The van der Waals surface area contributed by atoms with Crippen LogP contribution in [0.2, 0.25) is 0 Å². The van der Waals surface area contributed by atoms with E-state index < -0.39 is 0 Å². The SMILES string of the molecule is C1=CC=C2C=CC=CC=C2C=C1.C1=CC=CCC=C1. The van der Waals surface area contributed by atoms with Crippen LogP contribution in [0.1, 0.15) is 6.42 Å². The third-order valence-electron chi connectivity index (χ3n) is 2.76. The highest BCUT2D eigenvalue weighted by Crippen LogP contribution is 2.18. The Morgan fingerprint density at radius 3 is 1.47 bits per heavy atom. The average Bonchev–Trinajstić information content (AvgIpc) is 2.92.